The molecule has 2 N–H and O–H groups in total. The normalized spacial score (nSPS) is 14.8. The molecule has 0 radical (unpaired) electrons. The maximum absolute atomic E-state index is 12.7. The van der Waals surface area contributed by atoms with Gasteiger partial charge >= 0.3 is 0 Å². The molecule has 2 amide bonds. The summed E-state index contributed by atoms with van der Waals surface area (Å²) in [6.07, 6.45) is 2.47. The Balaban J connectivity index is 1.57. The van der Waals surface area contributed by atoms with E-state index < -0.39 is 0 Å². The summed E-state index contributed by atoms with van der Waals surface area (Å²) in [4.78, 5) is 32.8. The topological polar surface area (TPSA) is 92.4 Å². The number of hydrogen-bond donors (Lipinski definition) is 1. The lowest BCUT2D eigenvalue weighted by atomic mass is 9.96. The zero-order chi connectivity index (χ0) is 21.5. The Kier molecular flexibility index (Phi) is 7.79. The number of benzene rings is 1. The van der Waals surface area contributed by atoms with Gasteiger partial charge in [-0.15, -0.1) is 0 Å². The zero-order valence-corrected chi connectivity index (χ0v) is 18.6. The van der Waals surface area contributed by atoms with Crippen molar-refractivity contribution in [2.24, 2.45) is 17.6 Å². The van der Waals surface area contributed by atoms with Crippen LogP contribution in [0.25, 0.3) is 0 Å². The number of carbonyl (C=O) groups excluding carboxylic acids is 2. The predicted molar refractivity (Wildman–Crippen MR) is 119 cm³/mol. The first-order chi connectivity index (χ1) is 14.4. The fourth-order valence-corrected chi connectivity index (χ4v) is 4.45. The van der Waals surface area contributed by atoms with Gasteiger partial charge < -0.3 is 15.5 Å². The third-order valence-corrected chi connectivity index (χ3v) is 6.18. The van der Waals surface area contributed by atoms with Crippen molar-refractivity contribution in [1.82, 2.24) is 14.3 Å². The van der Waals surface area contributed by atoms with Gasteiger partial charge in [0.25, 0.3) is 0 Å². The number of rotatable bonds is 9. The SMILES string of the molecule is CC(C)CN(CCC(=O)N1CCC(C(N)=O)CC1)c1nc(Cc2ccccc2)ns1. The van der Waals surface area contributed by atoms with E-state index in [9.17, 15) is 9.59 Å². The van der Waals surface area contributed by atoms with Gasteiger partial charge in [0, 0.05) is 56.5 Å². The molecule has 1 saturated heterocycles. The average molecular weight is 430 g/mol. The number of nitrogens with zero attached hydrogens (tertiary/aromatic N) is 4. The molecule has 1 aliphatic rings. The Bertz CT molecular complexity index is 831. The fourth-order valence-electron chi connectivity index (χ4n) is 3.73. The quantitative estimate of drug-likeness (QED) is 0.662. The number of aromatic nitrogens is 2. The van der Waals surface area contributed by atoms with Crippen LogP contribution in [-0.4, -0.2) is 52.3 Å². The highest BCUT2D eigenvalue weighted by Crippen LogP contribution is 2.22. The van der Waals surface area contributed by atoms with Crippen molar-refractivity contribution in [2.75, 3.05) is 31.1 Å². The van der Waals surface area contributed by atoms with Crippen LogP contribution in [0.1, 0.15) is 44.5 Å². The van der Waals surface area contributed by atoms with Crippen LogP contribution >= 0.6 is 11.5 Å². The average Bonchev–Trinajstić information content (AvgIpc) is 3.19. The number of amides is 2. The van der Waals surface area contributed by atoms with Gasteiger partial charge in [0.15, 0.2) is 0 Å². The van der Waals surface area contributed by atoms with E-state index in [1.54, 1.807) is 0 Å². The van der Waals surface area contributed by atoms with Crippen LogP contribution in [0, 0.1) is 11.8 Å². The van der Waals surface area contributed by atoms with Crippen LogP contribution in [0.15, 0.2) is 30.3 Å². The maximum atomic E-state index is 12.7. The summed E-state index contributed by atoms with van der Waals surface area (Å²) in [6.45, 7) is 6.99. The Hall–Kier alpha value is -2.48. The minimum absolute atomic E-state index is 0.101. The molecular weight excluding hydrogens is 398 g/mol. The van der Waals surface area contributed by atoms with Crippen LogP contribution in [0.2, 0.25) is 0 Å². The van der Waals surface area contributed by atoms with Crippen molar-refractivity contribution < 1.29 is 9.59 Å². The number of nitrogens with two attached hydrogens (primary N) is 1. The molecule has 2 aromatic rings. The number of carbonyl (C=O) groups is 2. The number of piperidine rings is 1. The predicted octanol–water partition coefficient (Wildman–Crippen LogP) is 2.71. The summed E-state index contributed by atoms with van der Waals surface area (Å²) in [5, 5.41) is 0.870. The third-order valence-electron chi connectivity index (χ3n) is 5.36. The fraction of sp³-hybridized carbons (Fsp3) is 0.545. The van der Waals surface area contributed by atoms with Crippen LogP contribution in [-0.2, 0) is 16.0 Å². The Morgan fingerprint density at radius 3 is 2.57 bits per heavy atom. The highest BCUT2D eigenvalue weighted by molar-refractivity contribution is 7.09. The molecule has 1 fully saturated rings. The second-order valence-corrected chi connectivity index (χ2v) is 9.03. The molecule has 0 aliphatic carbocycles. The van der Waals surface area contributed by atoms with Gasteiger partial charge in [0.05, 0.1) is 0 Å². The monoisotopic (exact) mass is 429 g/mol. The number of hydrogen-bond acceptors (Lipinski definition) is 6. The van der Waals surface area contributed by atoms with Crippen molar-refractivity contribution in [3.05, 3.63) is 41.7 Å². The van der Waals surface area contributed by atoms with Crippen molar-refractivity contribution in [3.63, 3.8) is 0 Å². The van der Waals surface area contributed by atoms with Crippen molar-refractivity contribution in [1.29, 1.82) is 0 Å². The standard InChI is InChI=1S/C22H31N5O2S/c1-16(2)15-27(13-10-20(28)26-11-8-18(9-12-26)21(23)29)22-24-19(25-30-22)14-17-6-4-3-5-7-17/h3-7,16,18H,8-15H2,1-2H3,(H2,23,29). The molecule has 2 heterocycles. The van der Waals surface area contributed by atoms with E-state index in [1.165, 1.54) is 17.1 Å². The number of likely N-dealkylation sites (tertiary alicyclic amines) is 1. The third kappa shape index (κ3) is 6.26. The van der Waals surface area contributed by atoms with Gasteiger partial charge in [0.2, 0.25) is 16.9 Å². The smallest absolute Gasteiger partial charge is 0.224 e. The second kappa shape index (κ2) is 10.5. The lowest BCUT2D eigenvalue weighted by Gasteiger charge is -2.31. The van der Waals surface area contributed by atoms with E-state index in [0.29, 0.717) is 51.2 Å². The van der Waals surface area contributed by atoms with E-state index in [0.717, 1.165) is 17.5 Å². The van der Waals surface area contributed by atoms with Crippen molar-refractivity contribution in [3.8, 4) is 0 Å². The number of anilines is 1. The van der Waals surface area contributed by atoms with E-state index in [1.807, 2.05) is 23.1 Å². The first-order valence-corrected chi connectivity index (χ1v) is 11.4. The summed E-state index contributed by atoms with van der Waals surface area (Å²) in [5.41, 5.74) is 6.57. The van der Waals surface area contributed by atoms with Crippen molar-refractivity contribution >= 4 is 28.5 Å². The second-order valence-electron chi connectivity index (χ2n) is 8.30. The molecule has 162 valence electrons. The van der Waals surface area contributed by atoms with E-state index in [4.69, 9.17) is 10.7 Å². The van der Waals surface area contributed by atoms with Gasteiger partial charge in [-0.2, -0.15) is 4.37 Å². The lowest BCUT2D eigenvalue weighted by Crippen LogP contribution is -2.43. The molecule has 1 aromatic carbocycles. The van der Waals surface area contributed by atoms with E-state index in [-0.39, 0.29) is 17.7 Å². The molecule has 30 heavy (non-hydrogen) atoms. The first kappa shape index (κ1) is 22.2. The summed E-state index contributed by atoms with van der Waals surface area (Å²) in [5.74, 6) is 1.03. The van der Waals surface area contributed by atoms with Gasteiger partial charge in [-0.05, 0) is 24.3 Å². The van der Waals surface area contributed by atoms with Gasteiger partial charge in [-0.1, -0.05) is 44.2 Å². The molecule has 0 spiro atoms. The first-order valence-electron chi connectivity index (χ1n) is 10.6. The molecule has 8 heteroatoms. The highest BCUT2D eigenvalue weighted by Gasteiger charge is 2.26. The highest BCUT2D eigenvalue weighted by atomic mass is 32.1. The molecule has 0 atom stereocenters. The molecule has 0 saturated carbocycles. The molecule has 1 aliphatic heterocycles. The summed E-state index contributed by atoms with van der Waals surface area (Å²) >= 11 is 1.40. The Labute approximate surface area is 182 Å². The van der Waals surface area contributed by atoms with Crippen molar-refractivity contribution in [2.45, 2.75) is 39.5 Å². The van der Waals surface area contributed by atoms with E-state index >= 15 is 0 Å². The minimum atomic E-state index is -0.257. The molecule has 3 rings (SSSR count). The van der Waals surface area contributed by atoms with Gasteiger partial charge in [-0.3, -0.25) is 9.59 Å². The Morgan fingerprint density at radius 1 is 1.23 bits per heavy atom. The summed E-state index contributed by atoms with van der Waals surface area (Å²) < 4.78 is 4.53. The van der Waals surface area contributed by atoms with Crippen LogP contribution < -0.4 is 10.6 Å². The molecular formula is C22H31N5O2S. The van der Waals surface area contributed by atoms with Crippen LogP contribution in [0.4, 0.5) is 5.13 Å². The minimum Gasteiger partial charge on any atom is -0.369 e. The lowest BCUT2D eigenvalue weighted by molar-refractivity contribution is -0.134. The van der Waals surface area contributed by atoms with Gasteiger partial charge in [-0.25, -0.2) is 4.98 Å². The molecule has 0 unspecified atom stereocenters. The Morgan fingerprint density at radius 2 is 1.93 bits per heavy atom. The molecule has 1 aromatic heterocycles. The van der Waals surface area contributed by atoms with Crippen LogP contribution in [0.3, 0.4) is 0 Å². The summed E-state index contributed by atoms with van der Waals surface area (Å²) in [6, 6.07) is 10.2. The molecule has 7 nitrogen and oxygen atoms in total. The van der Waals surface area contributed by atoms with Gasteiger partial charge in [0.1, 0.15) is 5.82 Å². The number of primary amides is 1. The van der Waals surface area contributed by atoms with Crippen LogP contribution in [0.5, 0.6) is 0 Å². The zero-order valence-electron chi connectivity index (χ0n) is 17.8. The maximum Gasteiger partial charge on any atom is 0.224 e. The molecule has 0 bridgehead atoms. The summed E-state index contributed by atoms with van der Waals surface area (Å²) in [7, 11) is 0. The van der Waals surface area contributed by atoms with E-state index in [2.05, 4.69) is 35.3 Å². The largest absolute Gasteiger partial charge is 0.369 e.